The second-order valence-corrected chi connectivity index (χ2v) is 15.1. The Kier molecular flexibility index (Phi) is 15.2. The van der Waals surface area contributed by atoms with E-state index in [-0.39, 0.29) is 35.5 Å². The summed E-state index contributed by atoms with van der Waals surface area (Å²) < 4.78 is 28.3. The molecule has 1 N–H and O–H groups in total. The predicted molar refractivity (Wildman–Crippen MR) is 233 cm³/mol. The van der Waals surface area contributed by atoms with Crippen LogP contribution in [0.5, 0.6) is 0 Å². The van der Waals surface area contributed by atoms with Gasteiger partial charge < -0.3 is 10.2 Å². The lowest BCUT2D eigenvalue weighted by Crippen LogP contribution is -2.31. The Labute approximate surface area is 352 Å². The first-order valence-electron chi connectivity index (χ1n) is 19.4. The number of pyridine rings is 4. The van der Waals surface area contributed by atoms with Crippen LogP contribution in [0, 0.1) is 11.6 Å². The lowest BCUT2D eigenvalue weighted by molar-refractivity contribution is 0.0980. The summed E-state index contributed by atoms with van der Waals surface area (Å²) in [5.74, 6) is -0.631. The maximum absolute atomic E-state index is 13.8. The van der Waals surface area contributed by atoms with Crippen LogP contribution in [0.4, 0.5) is 14.6 Å². The van der Waals surface area contributed by atoms with Gasteiger partial charge >= 0.3 is 0 Å². The minimum absolute atomic E-state index is 0.0842. The fraction of sp³-hybridized carbons (Fsp3) is 0.208. The fourth-order valence-electron chi connectivity index (χ4n) is 6.83. The van der Waals surface area contributed by atoms with E-state index in [9.17, 15) is 18.4 Å². The Balaban J connectivity index is 0.000000173. The van der Waals surface area contributed by atoms with Gasteiger partial charge in [-0.15, -0.1) is 0 Å². The summed E-state index contributed by atoms with van der Waals surface area (Å²) in [5, 5.41) is 3.38. The number of carbonyl (C=O) groups is 2. The zero-order valence-electron chi connectivity index (χ0n) is 33.0. The van der Waals surface area contributed by atoms with Crippen molar-refractivity contribution in [3.8, 4) is 0 Å². The minimum atomic E-state index is -0.577. The number of benzene rings is 2. The summed E-state index contributed by atoms with van der Waals surface area (Å²) in [6.45, 7) is 8.01. The zero-order chi connectivity index (χ0) is 41.6. The van der Waals surface area contributed by atoms with E-state index in [0.717, 1.165) is 78.5 Å². The maximum atomic E-state index is 13.8. The molecule has 0 spiro atoms. The highest BCUT2D eigenvalue weighted by Gasteiger charge is 2.20. The number of carbonyl (C=O) groups excluding carboxylic acids is 2. The number of anilines is 1. The minimum Gasteiger partial charge on any atom is -0.352 e. The maximum Gasteiger partial charge on any atom is 0.170 e. The molecule has 0 unspecified atom stereocenters. The van der Waals surface area contributed by atoms with Crippen molar-refractivity contribution < 1.29 is 18.4 Å². The molecule has 4 aromatic heterocycles. The zero-order valence-corrected chi connectivity index (χ0v) is 34.6. The van der Waals surface area contributed by atoms with Crippen LogP contribution < -0.4 is 10.2 Å². The molecule has 11 heteroatoms. The highest BCUT2D eigenvalue weighted by atomic mass is 79.9. The van der Waals surface area contributed by atoms with Crippen molar-refractivity contribution >= 4 is 44.5 Å². The van der Waals surface area contributed by atoms with Crippen LogP contribution in [0.15, 0.2) is 150 Å². The van der Waals surface area contributed by atoms with Gasteiger partial charge in [0.1, 0.15) is 10.4 Å². The second-order valence-electron chi connectivity index (χ2n) is 14.3. The monoisotopic (exact) mass is 854 g/mol. The Bertz CT molecular complexity index is 2410. The average molecular weight is 856 g/mol. The van der Waals surface area contributed by atoms with Crippen LogP contribution in [0.3, 0.4) is 0 Å². The van der Waals surface area contributed by atoms with Gasteiger partial charge in [-0.3, -0.25) is 19.6 Å². The Hall–Kier alpha value is -6.04. The third kappa shape index (κ3) is 12.0. The molecule has 0 saturated heterocycles. The molecule has 2 aliphatic rings. The van der Waals surface area contributed by atoms with Gasteiger partial charge in [0, 0.05) is 57.3 Å². The van der Waals surface area contributed by atoms with Crippen LogP contribution in [0.2, 0.25) is 0 Å². The molecule has 0 bridgehead atoms. The number of nitrogens with zero attached hydrogens (tertiary/aromatic N) is 5. The van der Waals surface area contributed by atoms with Gasteiger partial charge in [0.15, 0.2) is 23.2 Å². The molecule has 8 rings (SSSR count). The summed E-state index contributed by atoms with van der Waals surface area (Å²) in [4.78, 5) is 42.6. The van der Waals surface area contributed by atoms with Crippen molar-refractivity contribution in [1.82, 2.24) is 25.3 Å². The Morgan fingerprint density at radius 1 is 0.661 bits per heavy atom. The number of rotatable bonds is 9. The average Bonchev–Trinajstić information content (AvgIpc) is 3.26. The van der Waals surface area contributed by atoms with Gasteiger partial charge in [0.05, 0.1) is 23.5 Å². The van der Waals surface area contributed by atoms with E-state index in [0.29, 0.717) is 0 Å². The second kappa shape index (κ2) is 21.1. The number of hydrogen-bond acceptors (Lipinski definition) is 8. The molecular weight excluding hydrogens is 810 g/mol. The van der Waals surface area contributed by atoms with Crippen molar-refractivity contribution in [3.63, 3.8) is 0 Å². The molecule has 2 aromatic carbocycles. The molecule has 0 atom stereocenters. The van der Waals surface area contributed by atoms with Crippen LogP contribution in [-0.4, -0.2) is 57.7 Å². The van der Waals surface area contributed by atoms with Crippen LogP contribution >= 0.6 is 15.9 Å². The molecule has 6 aromatic rings. The topological polar surface area (TPSA) is 101 Å². The molecule has 2 aliphatic heterocycles. The Morgan fingerprint density at radius 3 is 1.68 bits per heavy atom. The van der Waals surface area contributed by atoms with Gasteiger partial charge in [-0.25, -0.2) is 18.7 Å². The highest BCUT2D eigenvalue weighted by molar-refractivity contribution is 9.10. The standard InChI is InChI=1S/C24H22FN3O.C19H19FN2O.C5H4BrN/c1-17-10-13-28(24-4-2-3-11-27-24)16-21(17)19-7-5-18(6-8-19)14-23(29)20-9-12-26-15-22(20)25;1-13-6-8-21-11-17(13)15-4-2-14(3-5-15)10-19(23)16-7-9-22-12-18(16)20;6-5-3-1-2-4-7-5/h2-9,11-12,15H,10,13-14,16H2,1H3;2-5,7,9,12,21H,6,8,10-11H2,1H3;1-4H. The third-order valence-electron chi connectivity index (χ3n) is 10.2. The SMILES string of the molecule is Brc1ccccn1.CC1=C(c2ccc(CC(=O)c3ccncc3F)cc2)CN(c2ccccn2)CC1.CC1=C(c2ccc(CC(=O)c3ccncc3F)cc2)CNCC1. The first kappa shape index (κ1) is 42.6. The summed E-state index contributed by atoms with van der Waals surface area (Å²) in [7, 11) is 0. The molecule has 300 valence electrons. The number of nitrogens with one attached hydrogen (secondary N) is 1. The van der Waals surface area contributed by atoms with Gasteiger partial charge in [-0.05, 0) is 119 Å². The van der Waals surface area contributed by atoms with Gasteiger partial charge in [0.25, 0.3) is 0 Å². The van der Waals surface area contributed by atoms with E-state index in [2.05, 4.69) is 59.9 Å². The van der Waals surface area contributed by atoms with E-state index in [1.165, 1.54) is 52.4 Å². The number of ketones is 2. The van der Waals surface area contributed by atoms with Crippen molar-refractivity contribution in [1.29, 1.82) is 0 Å². The summed E-state index contributed by atoms with van der Waals surface area (Å²) in [6, 6.07) is 30.5. The van der Waals surface area contributed by atoms with Gasteiger partial charge in [-0.2, -0.15) is 0 Å². The van der Waals surface area contributed by atoms with Crippen LogP contribution in [-0.2, 0) is 12.8 Å². The first-order chi connectivity index (χ1) is 28.7. The molecule has 0 fully saturated rings. The molecule has 6 heterocycles. The summed E-state index contributed by atoms with van der Waals surface area (Å²) in [6.07, 6.45) is 11.0. The van der Waals surface area contributed by atoms with E-state index in [4.69, 9.17) is 0 Å². The van der Waals surface area contributed by atoms with Gasteiger partial charge in [-0.1, -0.05) is 71.8 Å². The quantitative estimate of drug-likeness (QED) is 0.113. The molecule has 0 aliphatic carbocycles. The van der Waals surface area contributed by atoms with E-state index in [1.807, 2.05) is 91.1 Å². The molecule has 0 radical (unpaired) electrons. The lowest BCUT2D eigenvalue weighted by atomic mass is 9.93. The number of aromatic nitrogens is 4. The van der Waals surface area contributed by atoms with E-state index < -0.39 is 11.6 Å². The smallest absolute Gasteiger partial charge is 0.170 e. The molecule has 0 saturated carbocycles. The Morgan fingerprint density at radius 2 is 1.20 bits per heavy atom. The fourth-order valence-corrected chi connectivity index (χ4v) is 7.10. The van der Waals surface area contributed by atoms with Crippen molar-refractivity contribution in [3.05, 3.63) is 195 Å². The number of hydrogen-bond donors (Lipinski definition) is 1. The third-order valence-corrected chi connectivity index (χ3v) is 10.7. The molecule has 59 heavy (non-hydrogen) atoms. The molecule has 8 nitrogen and oxygen atoms in total. The summed E-state index contributed by atoms with van der Waals surface area (Å²) in [5.41, 5.74) is 9.67. The number of Topliss-reactive ketones (excluding diaryl/α,β-unsaturated/α-hetero) is 2. The highest BCUT2D eigenvalue weighted by Crippen LogP contribution is 2.29. The first-order valence-corrected chi connectivity index (χ1v) is 20.2. The molecular formula is C48H45BrF2N6O2. The summed E-state index contributed by atoms with van der Waals surface area (Å²) >= 11 is 3.20. The lowest BCUT2D eigenvalue weighted by Gasteiger charge is -2.31. The largest absolute Gasteiger partial charge is 0.352 e. The number of halogens is 3. The van der Waals surface area contributed by atoms with Gasteiger partial charge in [0.2, 0.25) is 0 Å². The van der Waals surface area contributed by atoms with Crippen molar-refractivity contribution in [2.45, 2.75) is 39.5 Å². The molecule has 0 amide bonds. The predicted octanol–water partition coefficient (Wildman–Crippen LogP) is 9.98. The van der Waals surface area contributed by atoms with E-state index >= 15 is 0 Å². The van der Waals surface area contributed by atoms with E-state index in [1.54, 1.807) is 6.20 Å². The normalized spacial score (nSPS) is 13.8. The van der Waals surface area contributed by atoms with Crippen LogP contribution in [0.25, 0.3) is 11.1 Å². The van der Waals surface area contributed by atoms with Crippen LogP contribution in [0.1, 0.15) is 69.7 Å². The van der Waals surface area contributed by atoms with Crippen molar-refractivity contribution in [2.75, 3.05) is 31.1 Å². The van der Waals surface area contributed by atoms with Crippen molar-refractivity contribution in [2.24, 2.45) is 0 Å².